The highest BCUT2D eigenvalue weighted by Gasteiger charge is 2.38. The van der Waals surface area contributed by atoms with E-state index in [1.807, 2.05) is 37.4 Å². The molecule has 4 N–H and O–H groups in total. The maximum Gasteiger partial charge on any atom is 0.490 e. The number of carbonyl (C=O) groups is 2. The molecule has 13 heteroatoms. The molecule has 0 bridgehead atoms. The van der Waals surface area contributed by atoms with Gasteiger partial charge in [0.05, 0.1) is 25.0 Å². The number of carbonyl (C=O) groups excluding carboxylic acids is 1. The van der Waals surface area contributed by atoms with Crippen LogP contribution in [-0.4, -0.2) is 77.8 Å². The van der Waals surface area contributed by atoms with E-state index < -0.39 is 12.1 Å². The first-order chi connectivity index (χ1) is 18.9. The van der Waals surface area contributed by atoms with E-state index in [0.717, 1.165) is 51.0 Å². The number of hydrogen-bond acceptors (Lipinski definition) is 7. The molecule has 1 amide bonds. The minimum Gasteiger partial charge on any atom is -0.497 e. The van der Waals surface area contributed by atoms with E-state index in [9.17, 15) is 18.0 Å². The zero-order valence-electron chi connectivity index (χ0n) is 22.6. The van der Waals surface area contributed by atoms with E-state index >= 15 is 0 Å². The lowest BCUT2D eigenvalue weighted by Gasteiger charge is -2.26. The van der Waals surface area contributed by atoms with Gasteiger partial charge in [-0.2, -0.15) is 18.3 Å². The highest BCUT2D eigenvalue weighted by molar-refractivity contribution is 7.99. The van der Waals surface area contributed by atoms with E-state index in [-0.39, 0.29) is 11.9 Å². The first-order valence-corrected chi connectivity index (χ1v) is 13.3. The second-order valence-electron chi connectivity index (χ2n) is 9.34. The van der Waals surface area contributed by atoms with Crippen molar-refractivity contribution in [2.45, 2.75) is 37.0 Å². The molecule has 0 saturated carbocycles. The summed E-state index contributed by atoms with van der Waals surface area (Å²) in [5, 5.41) is 20.8. The third kappa shape index (κ3) is 8.47. The Morgan fingerprint density at radius 3 is 2.52 bits per heavy atom. The number of benzene rings is 2. The van der Waals surface area contributed by atoms with Crippen LogP contribution in [0.3, 0.4) is 0 Å². The third-order valence-electron chi connectivity index (χ3n) is 6.11. The van der Waals surface area contributed by atoms with Crippen LogP contribution in [-0.2, 0) is 22.6 Å². The van der Waals surface area contributed by atoms with Crippen LogP contribution in [0.4, 0.5) is 18.9 Å². The number of fused-ring (bicyclic) bond motifs is 1. The molecule has 0 fully saturated rings. The Morgan fingerprint density at radius 2 is 1.93 bits per heavy atom. The summed E-state index contributed by atoms with van der Waals surface area (Å²) < 4.78 is 37.1. The maximum atomic E-state index is 13.2. The van der Waals surface area contributed by atoms with Crippen molar-refractivity contribution in [1.82, 2.24) is 20.4 Å². The molecule has 0 radical (unpaired) electrons. The summed E-state index contributed by atoms with van der Waals surface area (Å²) in [6.07, 6.45) is -2.61. The second kappa shape index (κ2) is 13.7. The van der Waals surface area contributed by atoms with Gasteiger partial charge in [0.15, 0.2) is 0 Å². The van der Waals surface area contributed by atoms with Gasteiger partial charge in [-0.1, -0.05) is 12.1 Å². The molecule has 0 unspecified atom stereocenters. The van der Waals surface area contributed by atoms with Crippen molar-refractivity contribution in [1.29, 1.82) is 0 Å². The summed E-state index contributed by atoms with van der Waals surface area (Å²) in [5.74, 6) is -1.03. The highest BCUT2D eigenvalue weighted by atomic mass is 32.2. The maximum absolute atomic E-state index is 13.2. The van der Waals surface area contributed by atoms with Gasteiger partial charge in [-0.15, -0.1) is 11.8 Å². The topological polar surface area (TPSA) is 120 Å². The molecular formula is C27H32F3N5O4S. The molecule has 1 aliphatic heterocycles. The Morgan fingerprint density at radius 1 is 1.20 bits per heavy atom. The zero-order chi connectivity index (χ0) is 29.4. The molecule has 2 heterocycles. The number of nitrogens with one attached hydrogen (secondary N) is 3. The lowest BCUT2D eigenvalue weighted by Crippen LogP contribution is -2.44. The number of hydrogen-bond donors (Lipinski definition) is 4. The van der Waals surface area contributed by atoms with Crippen molar-refractivity contribution in [2.24, 2.45) is 0 Å². The van der Waals surface area contributed by atoms with E-state index in [2.05, 4.69) is 52.0 Å². The van der Waals surface area contributed by atoms with Crippen molar-refractivity contribution in [2.75, 3.05) is 38.8 Å². The number of carboxylic acids is 1. The number of thioether (sulfide) groups is 1. The van der Waals surface area contributed by atoms with Crippen molar-refractivity contribution < 1.29 is 32.6 Å². The van der Waals surface area contributed by atoms with Gasteiger partial charge in [-0.25, -0.2) is 4.79 Å². The SMILES string of the molecule is COc1ccc2c(c1)C[C@H](C(=O)Nc1ccc(-c3cn[nH]c3C)cc1SCCN(C)C)NC2.O=C(O)C(F)(F)F. The predicted molar refractivity (Wildman–Crippen MR) is 148 cm³/mol. The van der Waals surface area contributed by atoms with Gasteiger partial charge in [0, 0.05) is 35.0 Å². The van der Waals surface area contributed by atoms with Crippen LogP contribution in [0.25, 0.3) is 11.1 Å². The van der Waals surface area contributed by atoms with Crippen LogP contribution in [0.5, 0.6) is 5.75 Å². The summed E-state index contributed by atoms with van der Waals surface area (Å²) in [4.78, 5) is 25.3. The Hall–Kier alpha value is -3.55. The third-order valence-corrected chi connectivity index (χ3v) is 7.15. The predicted octanol–water partition coefficient (Wildman–Crippen LogP) is 4.33. The molecule has 216 valence electrons. The fraction of sp³-hybridized carbons (Fsp3) is 0.370. The number of halogens is 3. The lowest BCUT2D eigenvalue weighted by atomic mass is 9.95. The minimum absolute atomic E-state index is 0.0230. The fourth-order valence-corrected chi connectivity index (χ4v) is 5.08. The van der Waals surface area contributed by atoms with Crippen LogP contribution in [0, 0.1) is 6.92 Å². The van der Waals surface area contributed by atoms with E-state index in [0.29, 0.717) is 13.0 Å². The van der Waals surface area contributed by atoms with Crippen LogP contribution < -0.4 is 15.4 Å². The van der Waals surface area contributed by atoms with Gasteiger partial charge < -0.3 is 25.4 Å². The average molecular weight is 580 g/mol. The number of methoxy groups -OCH3 is 1. The van der Waals surface area contributed by atoms with Crippen LogP contribution >= 0.6 is 11.8 Å². The largest absolute Gasteiger partial charge is 0.497 e. The fourth-order valence-electron chi connectivity index (χ4n) is 3.91. The van der Waals surface area contributed by atoms with Gasteiger partial charge in [0.1, 0.15) is 5.75 Å². The number of alkyl halides is 3. The molecule has 0 aliphatic carbocycles. The number of H-pyrrole nitrogens is 1. The first-order valence-electron chi connectivity index (χ1n) is 12.3. The molecule has 40 heavy (non-hydrogen) atoms. The summed E-state index contributed by atoms with van der Waals surface area (Å²) >= 11 is 1.75. The Labute approximate surface area is 234 Å². The quantitative estimate of drug-likeness (QED) is 0.291. The number of anilines is 1. The van der Waals surface area contributed by atoms with Gasteiger partial charge >= 0.3 is 12.1 Å². The summed E-state index contributed by atoms with van der Waals surface area (Å²) in [6, 6.07) is 11.9. The summed E-state index contributed by atoms with van der Waals surface area (Å²) in [6.45, 7) is 3.63. The molecule has 1 aliphatic rings. The van der Waals surface area contributed by atoms with Crippen LogP contribution in [0.2, 0.25) is 0 Å². The normalized spacial score (nSPS) is 14.7. The highest BCUT2D eigenvalue weighted by Crippen LogP contribution is 2.33. The number of aromatic nitrogens is 2. The molecular weight excluding hydrogens is 547 g/mol. The smallest absolute Gasteiger partial charge is 0.490 e. The monoisotopic (exact) mass is 579 g/mol. The molecule has 2 aromatic carbocycles. The molecule has 1 atom stereocenters. The minimum atomic E-state index is -5.08. The number of rotatable bonds is 8. The first kappa shape index (κ1) is 31.0. The number of amides is 1. The van der Waals surface area contributed by atoms with Gasteiger partial charge in [-0.3, -0.25) is 9.89 Å². The Bertz CT molecular complexity index is 1330. The number of aromatic amines is 1. The molecule has 4 rings (SSSR count). The van der Waals surface area contributed by atoms with E-state index in [1.165, 1.54) is 5.56 Å². The number of carboxylic acid groups (broad SMARTS) is 1. The van der Waals surface area contributed by atoms with Crippen LogP contribution in [0.15, 0.2) is 47.5 Å². The number of aliphatic carboxylic acids is 1. The molecule has 0 saturated heterocycles. The number of nitrogens with zero attached hydrogens (tertiary/aromatic N) is 2. The van der Waals surface area contributed by atoms with Crippen LogP contribution in [0.1, 0.15) is 16.8 Å². The van der Waals surface area contributed by atoms with Gasteiger partial charge in [0.25, 0.3) is 0 Å². The lowest BCUT2D eigenvalue weighted by molar-refractivity contribution is -0.192. The van der Waals surface area contributed by atoms with Crippen molar-refractivity contribution in [3.8, 4) is 16.9 Å². The molecule has 9 nitrogen and oxygen atoms in total. The summed E-state index contributed by atoms with van der Waals surface area (Å²) in [5.41, 5.74) is 6.38. The van der Waals surface area contributed by atoms with E-state index in [4.69, 9.17) is 14.6 Å². The Kier molecular flexibility index (Phi) is 10.6. The molecule has 3 aromatic rings. The zero-order valence-corrected chi connectivity index (χ0v) is 23.4. The van der Waals surface area contributed by atoms with Crippen molar-refractivity contribution in [3.05, 3.63) is 59.4 Å². The second-order valence-corrected chi connectivity index (χ2v) is 10.5. The summed E-state index contributed by atoms with van der Waals surface area (Å²) in [7, 11) is 5.79. The average Bonchev–Trinajstić information content (AvgIpc) is 3.34. The molecule has 0 spiro atoms. The number of ether oxygens (including phenoxy) is 1. The molecule has 1 aromatic heterocycles. The standard InChI is InChI=1S/C25H31N5O2S.C2HF3O2/c1-16-21(15-27-29-16)17-6-8-22(24(13-17)33-10-9-30(2)3)28-25(31)23-12-19-11-20(32-4)7-5-18(19)14-26-23;3-2(4,5)1(6)7/h5-8,11,13,15,23,26H,9-10,12,14H2,1-4H3,(H,27,29)(H,28,31);(H,6,7)/t23-;/m1./s1. The van der Waals surface area contributed by atoms with Crippen molar-refractivity contribution in [3.63, 3.8) is 0 Å². The van der Waals surface area contributed by atoms with Crippen molar-refractivity contribution >= 4 is 29.3 Å². The van der Waals surface area contributed by atoms with Gasteiger partial charge in [-0.05, 0) is 68.4 Å². The number of aryl methyl sites for hydroxylation is 1. The van der Waals surface area contributed by atoms with E-state index in [1.54, 1.807) is 18.9 Å². The van der Waals surface area contributed by atoms with Gasteiger partial charge in [0.2, 0.25) is 5.91 Å². The Balaban J connectivity index is 0.000000559.